The molecule has 2 N–H and O–H groups in total. The second-order valence-corrected chi connectivity index (χ2v) is 6.00. The van der Waals surface area contributed by atoms with Crippen molar-refractivity contribution in [3.05, 3.63) is 24.8 Å². The zero-order chi connectivity index (χ0) is 11.2. The maximum Gasteiger partial charge on any atom is 0.314 e. The molecule has 1 fully saturated rings. The van der Waals surface area contributed by atoms with E-state index in [2.05, 4.69) is 0 Å². The van der Waals surface area contributed by atoms with Gasteiger partial charge in [-0.1, -0.05) is 0 Å². The number of hydrogen-bond acceptors (Lipinski definition) is 2. The van der Waals surface area contributed by atoms with Gasteiger partial charge in [-0.25, -0.2) is 0 Å². The van der Waals surface area contributed by atoms with Crippen LogP contribution in [0.4, 0.5) is 0 Å². The van der Waals surface area contributed by atoms with E-state index in [1.165, 1.54) is 0 Å². The molecule has 2 rings (SSSR count). The largest absolute Gasteiger partial charge is 0.506 e. The maximum atomic E-state index is 11.1. The number of halogens is 2. The number of phenols is 1. The molecular weight excluding hydrogens is 422 g/mol. The Balaban J connectivity index is 2.51. The van der Waals surface area contributed by atoms with Crippen LogP contribution in [0.25, 0.3) is 0 Å². The summed E-state index contributed by atoms with van der Waals surface area (Å²) in [5.41, 5.74) is 0.120. The van der Waals surface area contributed by atoms with Crippen LogP contribution in [0.5, 0.6) is 5.75 Å². The quantitative estimate of drug-likeness (QED) is 0.711. The van der Waals surface area contributed by atoms with Gasteiger partial charge in [0.2, 0.25) is 0 Å². The predicted octanol–water partition coefficient (Wildman–Crippen LogP) is 2.72. The topological polar surface area (TPSA) is 57.5 Å². The van der Waals surface area contributed by atoms with Crippen molar-refractivity contribution < 1.29 is 15.0 Å². The lowest BCUT2D eigenvalue weighted by Crippen LogP contribution is -2.19. The third-order valence-corrected chi connectivity index (χ3v) is 4.37. The lowest BCUT2D eigenvalue weighted by Gasteiger charge is -2.12. The summed E-state index contributed by atoms with van der Waals surface area (Å²) in [6, 6.07) is 3.53. The standard InChI is InChI=1S/C10H8I2O3/c11-6-3-5(4-7(12)8(6)13)10(1-2-10)9(14)15/h3-4,13H,1-2H2,(H,14,15). The first-order valence-corrected chi connectivity index (χ1v) is 6.55. The molecule has 0 unspecified atom stereocenters. The SMILES string of the molecule is O=C(O)C1(c2cc(I)c(O)c(I)c2)CC1. The zero-order valence-corrected chi connectivity index (χ0v) is 11.9. The molecule has 1 aromatic carbocycles. The van der Waals surface area contributed by atoms with Crippen LogP contribution in [-0.4, -0.2) is 16.2 Å². The lowest BCUT2D eigenvalue weighted by atomic mass is 9.96. The fourth-order valence-electron chi connectivity index (χ4n) is 1.59. The zero-order valence-electron chi connectivity index (χ0n) is 7.63. The highest BCUT2D eigenvalue weighted by molar-refractivity contribution is 14.1. The van der Waals surface area contributed by atoms with Crippen LogP contribution in [0, 0.1) is 7.14 Å². The van der Waals surface area contributed by atoms with E-state index in [1.807, 2.05) is 45.2 Å². The highest BCUT2D eigenvalue weighted by atomic mass is 127. The molecule has 5 heteroatoms. The summed E-state index contributed by atoms with van der Waals surface area (Å²) in [4.78, 5) is 11.1. The van der Waals surface area contributed by atoms with Gasteiger partial charge in [-0.05, 0) is 75.7 Å². The van der Waals surface area contributed by atoms with E-state index >= 15 is 0 Å². The van der Waals surface area contributed by atoms with E-state index in [9.17, 15) is 9.90 Å². The summed E-state index contributed by atoms with van der Waals surface area (Å²) in [7, 11) is 0. The molecule has 15 heavy (non-hydrogen) atoms. The van der Waals surface area contributed by atoms with E-state index in [4.69, 9.17) is 5.11 Å². The third kappa shape index (κ3) is 1.83. The smallest absolute Gasteiger partial charge is 0.314 e. The van der Waals surface area contributed by atoms with Gasteiger partial charge in [-0.2, -0.15) is 0 Å². The van der Waals surface area contributed by atoms with Gasteiger partial charge in [0.1, 0.15) is 5.75 Å². The molecule has 0 aliphatic heterocycles. The van der Waals surface area contributed by atoms with Gasteiger partial charge in [0.25, 0.3) is 0 Å². The second kappa shape index (κ2) is 3.76. The van der Waals surface area contributed by atoms with Crippen molar-refractivity contribution in [1.82, 2.24) is 0 Å². The Labute approximate surface area is 114 Å². The lowest BCUT2D eigenvalue weighted by molar-refractivity contribution is -0.140. The van der Waals surface area contributed by atoms with Crippen LogP contribution < -0.4 is 0 Å². The normalized spacial score (nSPS) is 17.5. The van der Waals surface area contributed by atoms with Crippen LogP contribution in [0.2, 0.25) is 0 Å². The number of phenolic OH excluding ortho intramolecular Hbond substituents is 1. The van der Waals surface area contributed by atoms with Crippen molar-refractivity contribution in [1.29, 1.82) is 0 Å². The summed E-state index contributed by atoms with van der Waals surface area (Å²) in [5, 5.41) is 18.7. The molecule has 0 aromatic heterocycles. The number of carbonyl (C=O) groups is 1. The molecule has 1 saturated carbocycles. The Kier molecular flexibility index (Phi) is 2.87. The van der Waals surface area contributed by atoms with E-state index in [1.54, 1.807) is 12.1 Å². The number of rotatable bonds is 2. The molecular formula is C10H8I2O3. The first kappa shape index (κ1) is 11.4. The number of aliphatic carboxylic acids is 1. The molecule has 0 bridgehead atoms. The van der Waals surface area contributed by atoms with Gasteiger partial charge >= 0.3 is 5.97 Å². The summed E-state index contributed by atoms with van der Waals surface area (Å²) < 4.78 is 1.42. The van der Waals surface area contributed by atoms with E-state index < -0.39 is 11.4 Å². The predicted molar refractivity (Wildman–Crippen MR) is 72.1 cm³/mol. The minimum absolute atomic E-state index is 0.237. The van der Waals surface area contributed by atoms with Crippen LogP contribution in [-0.2, 0) is 10.2 Å². The maximum absolute atomic E-state index is 11.1. The molecule has 0 heterocycles. The van der Waals surface area contributed by atoms with Gasteiger partial charge in [0, 0.05) is 0 Å². The Hall–Kier alpha value is -0.0500. The van der Waals surface area contributed by atoms with E-state index in [0.717, 1.165) is 5.56 Å². The number of hydrogen-bond donors (Lipinski definition) is 2. The Morgan fingerprint density at radius 2 is 1.73 bits per heavy atom. The molecule has 1 aliphatic rings. The van der Waals surface area contributed by atoms with Crippen LogP contribution in [0.1, 0.15) is 18.4 Å². The number of benzene rings is 1. The molecule has 80 valence electrons. The number of carboxylic acids is 1. The third-order valence-electron chi connectivity index (χ3n) is 2.73. The van der Waals surface area contributed by atoms with Crippen molar-refractivity contribution >= 4 is 51.2 Å². The first-order valence-electron chi connectivity index (χ1n) is 4.39. The molecule has 0 atom stereocenters. The average molecular weight is 430 g/mol. The van der Waals surface area contributed by atoms with Gasteiger partial charge in [-0.3, -0.25) is 4.79 Å². The molecule has 1 aliphatic carbocycles. The molecule has 1 aromatic rings. The Morgan fingerprint density at radius 3 is 2.07 bits per heavy atom. The summed E-state index contributed by atoms with van der Waals surface area (Å²) in [5.74, 6) is -0.527. The van der Waals surface area contributed by atoms with E-state index in [0.29, 0.717) is 20.0 Å². The van der Waals surface area contributed by atoms with Gasteiger partial charge in [-0.15, -0.1) is 0 Å². The van der Waals surface area contributed by atoms with Gasteiger partial charge in [0.05, 0.1) is 12.6 Å². The van der Waals surface area contributed by atoms with Crippen LogP contribution >= 0.6 is 45.2 Å². The van der Waals surface area contributed by atoms with Crippen molar-refractivity contribution in [2.24, 2.45) is 0 Å². The summed E-state index contributed by atoms with van der Waals surface area (Å²) in [6.07, 6.45) is 1.39. The Bertz CT molecular complexity index is 415. The molecule has 0 saturated heterocycles. The fraction of sp³-hybridized carbons (Fsp3) is 0.300. The Morgan fingerprint density at radius 1 is 1.27 bits per heavy atom. The van der Waals surface area contributed by atoms with Gasteiger partial charge < -0.3 is 10.2 Å². The number of carboxylic acid groups (broad SMARTS) is 1. The molecule has 0 radical (unpaired) electrons. The fourth-order valence-corrected chi connectivity index (χ4v) is 3.36. The van der Waals surface area contributed by atoms with Crippen LogP contribution in [0.15, 0.2) is 12.1 Å². The molecule has 3 nitrogen and oxygen atoms in total. The highest BCUT2D eigenvalue weighted by Crippen LogP contribution is 2.49. The van der Waals surface area contributed by atoms with Crippen molar-refractivity contribution in [2.45, 2.75) is 18.3 Å². The van der Waals surface area contributed by atoms with E-state index in [-0.39, 0.29) is 5.75 Å². The first-order chi connectivity index (χ1) is 6.97. The minimum atomic E-state index is -0.764. The highest BCUT2D eigenvalue weighted by Gasteiger charge is 2.52. The molecule has 0 spiro atoms. The monoisotopic (exact) mass is 430 g/mol. The summed E-state index contributed by atoms with van der Waals surface area (Å²) >= 11 is 4.04. The number of aromatic hydroxyl groups is 1. The van der Waals surface area contributed by atoms with Crippen LogP contribution in [0.3, 0.4) is 0 Å². The second-order valence-electron chi connectivity index (χ2n) is 3.68. The van der Waals surface area contributed by atoms with Crippen molar-refractivity contribution in [3.63, 3.8) is 0 Å². The minimum Gasteiger partial charge on any atom is -0.506 e. The molecule has 0 amide bonds. The summed E-state index contributed by atoms with van der Waals surface area (Å²) in [6.45, 7) is 0. The van der Waals surface area contributed by atoms with Gasteiger partial charge in [0.15, 0.2) is 0 Å². The van der Waals surface area contributed by atoms with Crippen molar-refractivity contribution in [3.8, 4) is 5.75 Å². The average Bonchev–Trinajstić information content (AvgIpc) is 2.93. The van der Waals surface area contributed by atoms with Crippen molar-refractivity contribution in [2.75, 3.05) is 0 Å².